The summed E-state index contributed by atoms with van der Waals surface area (Å²) in [5.74, 6) is -0.114. The van der Waals surface area contributed by atoms with Crippen molar-refractivity contribution in [2.24, 2.45) is 0 Å². The highest BCUT2D eigenvalue weighted by Crippen LogP contribution is 2.17. The fourth-order valence-corrected chi connectivity index (χ4v) is 2.24. The molecule has 1 rings (SSSR count). The second kappa shape index (κ2) is 8.05. The second-order valence-corrected chi connectivity index (χ2v) is 5.43. The average molecular weight is 283 g/mol. The highest BCUT2D eigenvalue weighted by molar-refractivity contribution is 6.31. The maximum Gasteiger partial charge on any atom is 0.251 e. The number of nitrogens with one attached hydrogen (secondary N) is 1. The van der Waals surface area contributed by atoms with E-state index in [9.17, 15) is 4.79 Å². The summed E-state index contributed by atoms with van der Waals surface area (Å²) in [6, 6.07) is 5.08. The van der Waals surface area contributed by atoms with Gasteiger partial charge in [0, 0.05) is 22.3 Å². The fourth-order valence-electron chi connectivity index (χ4n) is 2.00. The van der Waals surface area contributed by atoms with Crippen molar-refractivity contribution in [1.82, 2.24) is 5.32 Å². The zero-order valence-corrected chi connectivity index (χ0v) is 12.5. The van der Waals surface area contributed by atoms with Crippen LogP contribution in [0.4, 0.5) is 5.69 Å². The third-order valence-electron chi connectivity index (χ3n) is 3.05. The summed E-state index contributed by atoms with van der Waals surface area (Å²) in [6.45, 7) is 4.21. The Kier molecular flexibility index (Phi) is 6.71. The van der Waals surface area contributed by atoms with Gasteiger partial charge in [-0.2, -0.15) is 0 Å². The lowest BCUT2D eigenvalue weighted by Gasteiger charge is -2.14. The minimum Gasteiger partial charge on any atom is -0.399 e. The minimum atomic E-state index is -0.114. The molecule has 19 heavy (non-hydrogen) atoms. The highest BCUT2D eigenvalue weighted by Gasteiger charge is 2.10. The molecule has 1 atom stereocenters. The van der Waals surface area contributed by atoms with E-state index < -0.39 is 0 Å². The van der Waals surface area contributed by atoms with Crippen LogP contribution in [0.3, 0.4) is 0 Å². The van der Waals surface area contributed by atoms with Crippen LogP contribution in [-0.2, 0) is 0 Å². The molecule has 0 bridgehead atoms. The van der Waals surface area contributed by atoms with E-state index in [2.05, 4.69) is 12.2 Å². The third kappa shape index (κ3) is 5.97. The number of benzene rings is 1. The Morgan fingerprint density at radius 1 is 1.32 bits per heavy atom. The maximum absolute atomic E-state index is 12.0. The summed E-state index contributed by atoms with van der Waals surface area (Å²) < 4.78 is 0. The number of hydrogen-bond acceptors (Lipinski definition) is 2. The van der Waals surface area contributed by atoms with Crippen LogP contribution in [0.25, 0.3) is 0 Å². The molecule has 1 aromatic carbocycles. The average Bonchev–Trinajstić information content (AvgIpc) is 2.33. The highest BCUT2D eigenvalue weighted by atomic mass is 35.5. The molecule has 1 unspecified atom stereocenters. The van der Waals surface area contributed by atoms with E-state index in [1.165, 1.54) is 19.3 Å². The van der Waals surface area contributed by atoms with Gasteiger partial charge >= 0.3 is 0 Å². The summed E-state index contributed by atoms with van der Waals surface area (Å²) >= 11 is 5.89. The van der Waals surface area contributed by atoms with Crippen molar-refractivity contribution < 1.29 is 4.79 Å². The number of halogens is 1. The number of nitrogens with two attached hydrogens (primary N) is 1. The van der Waals surface area contributed by atoms with E-state index in [1.807, 2.05) is 6.92 Å². The Bertz CT molecular complexity index is 400. The molecular formula is C15H23ClN2O. The van der Waals surface area contributed by atoms with E-state index >= 15 is 0 Å². The van der Waals surface area contributed by atoms with E-state index in [1.54, 1.807) is 18.2 Å². The second-order valence-electron chi connectivity index (χ2n) is 5.00. The molecule has 1 aromatic rings. The first-order valence-corrected chi connectivity index (χ1v) is 7.27. The van der Waals surface area contributed by atoms with Gasteiger partial charge in [0.05, 0.1) is 0 Å². The molecule has 0 radical (unpaired) electrons. The van der Waals surface area contributed by atoms with Crippen LogP contribution >= 0.6 is 11.6 Å². The monoisotopic (exact) mass is 282 g/mol. The predicted molar refractivity (Wildman–Crippen MR) is 81.6 cm³/mol. The first kappa shape index (κ1) is 15.8. The predicted octanol–water partition coefficient (Wildman–Crippen LogP) is 4.01. The molecule has 0 aliphatic heterocycles. The first-order valence-electron chi connectivity index (χ1n) is 6.90. The molecule has 106 valence electrons. The first-order chi connectivity index (χ1) is 9.02. The van der Waals surface area contributed by atoms with Gasteiger partial charge in [-0.3, -0.25) is 4.79 Å². The molecule has 4 heteroatoms. The van der Waals surface area contributed by atoms with Crippen molar-refractivity contribution in [3.8, 4) is 0 Å². The normalized spacial score (nSPS) is 12.2. The third-order valence-corrected chi connectivity index (χ3v) is 3.27. The number of carbonyl (C=O) groups excluding carboxylic acids is 1. The van der Waals surface area contributed by atoms with Gasteiger partial charge in [-0.25, -0.2) is 0 Å². The Hall–Kier alpha value is -1.22. The quantitative estimate of drug-likeness (QED) is 0.586. The number of hydrogen-bond donors (Lipinski definition) is 2. The molecule has 0 aliphatic carbocycles. The molecule has 0 saturated carbocycles. The Labute approximate surface area is 120 Å². The lowest BCUT2D eigenvalue weighted by molar-refractivity contribution is 0.0938. The van der Waals surface area contributed by atoms with Crippen LogP contribution in [0.1, 0.15) is 56.3 Å². The fraction of sp³-hybridized carbons (Fsp3) is 0.533. The van der Waals surface area contributed by atoms with E-state index in [0.717, 1.165) is 12.8 Å². The van der Waals surface area contributed by atoms with Crippen molar-refractivity contribution >= 4 is 23.2 Å². The van der Waals surface area contributed by atoms with Crippen LogP contribution in [-0.4, -0.2) is 11.9 Å². The van der Waals surface area contributed by atoms with Crippen molar-refractivity contribution in [3.05, 3.63) is 28.8 Å². The molecule has 3 nitrogen and oxygen atoms in total. The zero-order chi connectivity index (χ0) is 14.3. The summed E-state index contributed by atoms with van der Waals surface area (Å²) in [6.07, 6.45) is 5.85. The number of amides is 1. The van der Waals surface area contributed by atoms with Crippen LogP contribution in [0.15, 0.2) is 18.2 Å². The summed E-state index contributed by atoms with van der Waals surface area (Å²) in [4.78, 5) is 12.0. The van der Waals surface area contributed by atoms with Gasteiger partial charge in [0.15, 0.2) is 0 Å². The smallest absolute Gasteiger partial charge is 0.251 e. The summed E-state index contributed by atoms with van der Waals surface area (Å²) in [5.41, 5.74) is 6.70. The molecule has 1 amide bonds. The van der Waals surface area contributed by atoms with Crippen LogP contribution < -0.4 is 11.1 Å². The Morgan fingerprint density at radius 2 is 2.05 bits per heavy atom. The van der Waals surface area contributed by atoms with E-state index in [0.29, 0.717) is 16.3 Å². The van der Waals surface area contributed by atoms with Gasteiger partial charge < -0.3 is 11.1 Å². The van der Waals surface area contributed by atoms with Gasteiger partial charge in [0.1, 0.15) is 0 Å². The standard InChI is InChI=1S/C15H23ClN2O/c1-3-4-5-6-7-11(2)18-15(19)12-8-13(16)10-14(17)9-12/h8-11H,3-7,17H2,1-2H3,(H,18,19). The maximum atomic E-state index is 12.0. The number of anilines is 1. The molecule has 0 aromatic heterocycles. The zero-order valence-electron chi connectivity index (χ0n) is 11.7. The molecule has 0 fully saturated rings. The van der Waals surface area contributed by atoms with Gasteiger partial charge in [-0.1, -0.05) is 44.2 Å². The van der Waals surface area contributed by atoms with Gasteiger partial charge in [0.2, 0.25) is 0 Å². The number of carbonyl (C=O) groups is 1. The summed E-state index contributed by atoms with van der Waals surface area (Å²) in [5, 5.41) is 3.46. The van der Waals surface area contributed by atoms with Gasteiger partial charge in [-0.15, -0.1) is 0 Å². The van der Waals surface area contributed by atoms with E-state index in [-0.39, 0.29) is 11.9 Å². The van der Waals surface area contributed by atoms with Gasteiger partial charge in [-0.05, 0) is 31.5 Å². The Balaban J connectivity index is 2.45. The topological polar surface area (TPSA) is 55.1 Å². The van der Waals surface area contributed by atoms with Crippen LogP contribution in [0, 0.1) is 0 Å². The lowest BCUT2D eigenvalue weighted by Crippen LogP contribution is -2.32. The molecule has 0 spiro atoms. The lowest BCUT2D eigenvalue weighted by atomic mass is 10.1. The molecule has 0 aliphatic rings. The SMILES string of the molecule is CCCCCCC(C)NC(=O)c1cc(N)cc(Cl)c1. The Morgan fingerprint density at radius 3 is 2.68 bits per heavy atom. The van der Waals surface area contributed by atoms with Crippen molar-refractivity contribution in [2.45, 2.75) is 52.0 Å². The van der Waals surface area contributed by atoms with Crippen molar-refractivity contribution in [2.75, 3.05) is 5.73 Å². The number of rotatable bonds is 7. The molecule has 0 saturated heterocycles. The number of unbranched alkanes of at least 4 members (excludes halogenated alkanes) is 3. The number of nitrogen functional groups attached to an aromatic ring is 1. The minimum absolute atomic E-state index is 0.114. The largest absolute Gasteiger partial charge is 0.399 e. The molecule has 0 heterocycles. The molecular weight excluding hydrogens is 260 g/mol. The van der Waals surface area contributed by atoms with E-state index in [4.69, 9.17) is 17.3 Å². The molecule has 3 N–H and O–H groups in total. The van der Waals surface area contributed by atoms with Gasteiger partial charge in [0.25, 0.3) is 5.91 Å². The van der Waals surface area contributed by atoms with Crippen LogP contribution in [0.5, 0.6) is 0 Å². The van der Waals surface area contributed by atoms with Crippen LogP contribution in [0.2, 0.25) is 5.02 Å². The van der Waals surface area contributed by atoms with Crippen molar-refractivity contribution in [3.63, 3.8) is 0 Å². The van der Waals surface area contributed by atoms with Crippen molar-refractivity contribution in [1.29, 1.82) is 0 Å². The summed E-state index contributed by atoms with van der Waals surface area (Å²) in [7, 11) is 0.